The van der Waals surface area contributed by atoms with Gasteiger partial charge in [-0.05, 0) is 43.2 Å². The second-order valence-electron chi connectivity index (χ2n) is 7.97. The molecular weight excluding hydrogens is 504 g/mol. The molecule has 0 atom stereocenters. The third-order valence-electron chi connectivity index (χ3n) is 5.39. The van der Waals surface area contributed by atoms with E-state index in [-0.39, 0.29) is 40.2 Å². The predicted octanol–water partition coefficient (Wildman–Crippen LogP) is 3.06. The van der Waals surface area contributed by atoms with Gasteiger partial charge in [0, 0.05) is 24.2 Å². The van der Waals surface area contributed by atoms with Crippen molar-refractivity contribution in [2.24, 2.45) is 0 Å². The lowest BCUT2D eigenvalue weighted by Gasteiger charge is -2.13. The van der Waals surface area contributed by atoms with E-state index in [1.165, 1.54) is 33.1 Å². The van der Waals surface area contributed by atoms with E-state index in [1.807, 2.05) is 0 Å². The van der Waals surface area contributed by atoms with Crippen LogP contribution in [0.1, 0.15) is 45.7 Å². The van der Waals surface area contributed by atoms with Crippen LogP contribution in [0.4, 0.5) is 0 Å². The average Bonchev–Trinajstić information content (AvgIpc) is 2.86. The molecule has 0 saturated heterocycles. The third-order valence-corrected chi connectivity index (χ3v) is 8.21. The molecule has 3 aromatic rings. The van der Waals surface area contributed by atoms with Gasteiger partial charge in [0.1, 0.15) is 10.6 Å². The largest absolute Gasteiger partial charge is 0.495 e. The fourth-order valence-electron chi connectivity index (χ4n) is 3.27. The lowest BCUT2D eigenvalue weighted by atomic mass is 10.1. The number of nitrogens with one attached hydrogen (secondary N) is 2. The van der Waals surface area contributed by atoms with E-state index in [0.717, 1.165) is 6.07 Å². The third kappa shape index (κ3) is 6.64. The molecule has 190 valence electrons. The molecule has 0 spiro atoms. The van der Waals surface area contributed by atoms with Crippen molar-refractivity contribution in [1.29, 1.82) is 0 Å². The lowest BCUT2D eigenvalue weighted by molar-refractivity contribution is 0.100. The molecule has 2 N–H and O–H groups in total. The minimum Gasteiger partial charge on any atom is -0.495 e. The summed E-state index contributed by atoms with van der Waals surface area (Å²) in [6, 6.07) is 16.5. The number of carbonyl (C=O) groups excluding carboxylic acids is 2. The van der Waals surface area contributed by atoms with Crippen LogP contribution >= 0.6 is 0 Å². The molecular formula is C25H26N2O7S2. The Morgan fingerprint density at radius 2 is 1.14 bits per heavy atom. The number of sulfonamides is 2. The first-order valence-electron chi connectivity index (χ1n) is 10.8. The number of Topliss-reactive ketones (excluding diaryl/α,β-unsaturated/α-hetero) is 2. The van der Waals surface area contributed by atoms with Gasteiger partial charge in [-0.3, -0.25) is 9.59 Å². The normalized spacial score (nSPS) is 11.8. The summed E-state index contributed by atoms with van der Waals surface area (Å²) in [6.45, 7) is 2.74. The highest BCUT2D eigenvalue weighted by Crippen LogP contribution is 2.27. The first-order valence-corrected chi connectivity index (χ1v) is 13.8. The van der Waals surface area contributed by atoms with Crippen molar-refractivity contribution in [3.8, 4) is 5.75 Å². The highest BCUT2D eigenvalue weighted by Gasteiger charge is 2.24. The number of benzene rings is 3. The van der Waals surface area contributed by atoms with Crippen LogP contribution in [0.3, 0.4) is 0 Å². The number of rotatable bonds is 11. The van der Waals surface area contributed by atoms with Gasteiger partial charge in [0.2, 0.25) is 20.0 Å². The van der Waals surface area contributed by atoms with Crippen LogP contribution in [-0.4, -0.2) is 35.5 Å². The minimum absolute atomic E-state index is 0.0202. The van der Waals surface area contributed by atoms with Gasteiger partial charge in [-0.25, -0.2) is 26.3 Å². The quantitative estimate of drug-likeness (QED) is 0.364. The maximum Gasteiger partial charge on any atom is 0.244 e. The molecule has 0 heterocycles. The highest BCUT2D eigenvalue weighted by atomic mass is 32.2. The van der Waals surface area contributed by atoms with Crippen LogP contribution in [0, 0.1) is 0 Å². The van der Waals surface area contributed by atoms with Gasteiger partial charge in [-0.1, -0.05) is 48.5 Å². The zero-order valence-electron chi connectivity index (χ0n) is 19.9. The van der Waals surface area contributed by atoms with Gasteiger partial charge < -0.3 is 4.74 Å². The van der Waals surface area contributed by atoms with E-state index in [0.29, 0.717) is 22.3 Å². The average molecular weight is 531 g/mol. The molecule has 0 fully saturated rings. The molecule has 36 heavy (non-hydrogen) atoms. The Morgan fingerprint density at radius 3 is 1.56 bits per heavy atom. The van der Waals surface area contributed by atoms with Crippen LogP contribution < -0.4 is 14.2 Å². The van der Waals surface area contributed by atoms with Gasteiger partial charge in [-0.15, -0.1) is 0 Å². The monoisotopic (exact) mass is 530 g/mol. The molecule has 3 aromatic carbocycles. The molecule has 0 radical (unpaired) electrons. The van der Waals surface area contributed by atoms with Crippen molar-refractivity contribution in [2.75, 3.05) is 7.11 Å². The van der Waals surface area contributed by atoms with E-state index in [4.69, 9.17) is 4.74 Å². The molecule has 0 aliphatic heterocycles. The number of hydrogen-bond acceptors (Lipinski definition) is 7. The van der Waals surface area contributed by atoms with Gasteiger partial charge in [0.05, 0.1) is 12.0 Å². The maximum absolute atomic E-state index is 13.0. The fourth-order valence-corrected chi connectivity index (χ4v) is 5.60. The van der Waals surface area contributed by atoms with Gasteiger partial charge in [0.25, 0.3) is 0 Å². The Morgan fingerprint density at radius 1 is 0.694 bits per heavy atom. The van der Waals surface area contributed by atoms with Gasteiger partial charge in [-0.2, -0.15) is 0 Å². The molecule has 0 aliphatic carbocycles. The van der Waals surface area contributed by atoms with Crippen LogP contribution in [0.2, 0.25) is 0 Å². The number of ether oxygens (including phenoxy) is 1. The first kappa shape index (κ1) is 27.2. The van der Waals surface area contributed by atoms with Crippen molar-refractivity contribution in [2.45, 2.75) is 36.7 Å². The Balaban J connectivity index is 1.79. The Kier molecular flexibility index (Phi) is 8.41. The lowest BCUT2D eigenvalue weighted by Crippen LogP contribution is -2.26. The van der Waals surface area contributed by atoms with Crippen molar-refractivity contribution in [1.82, 2.24) is 9.44 Å². The molecule has 0 aliphatic rings. The number of hydrogen-bond donors (Lipinski definition) is 2. The summed E-state index contributed by atoms with van der Waals surface area (Å²) in [5, 5.41) is 0. The molecule has 9 nitrogen and oxygen atoms in total. The second kappa shape index (κ2) is 11.1. The van der Waals surface area contributed by atoms with Crippen molar-refractivity contribution in [3.05, 3.63) is 89.0 Å². The van der Waals surface area contributed by atoms with Crippen molar-refractivity contribution in [3.63, 3.8) is 0 Å². The van der Waals surface area contributed by atoms with Gasteiger partial charge >= 0.3 is 0 Å². The van der Waals surface area contributed by atoms with Crippen molar-refractivity contribution >= 4 is 31.6 Å². The van der Waals surface area contributed by atoms with E-state index >= 15 is 0 Å². The number of ketones is 2. The van der Waals surface area contributed by atoms with Gasteiger partial charge in [0.15, 0.2) is 11.6 Å². The summed E-state index contributed by atoms with van der Waals surface area (Å²) < 4.78 is 61.8. The Labute approximate surface area is 210 Å². The Bertz CT molecular complexity index is 1480. The summed E-state index contributed by atoms with van der Waals surface area (Å²) in [4.78, 5) is 22.2. The zero-order chi connectivity index (χ0) is 26.5. The molecule has 0 amide bonds. The molecule has 0 bridgehead atoms. The fraction of sp³-hybridized carbons (Fsp3) is 0.200. The molecule has 0 aromatic heterocycles. The molecule has 3 rings (SSSR count). The predicted molar refractivity (Wildman–Crippen MR) is 134 cm³/mol. The van der Waals surface area contributed by atoms with Crippen LogP contribution in [0.5, 0.6) is 5.75 Å². The van der Waals surface area contributed by atoms with Crippen molar-refractivity contribution < 1.29 is 31.2 Å². The van der Waals surface area contributed by atoms with E-state index < -0.39 is 20.0 Å². The van der Waals surface area contributed by atoms with E-state index in [2.05, 4.69) is 9.44 Å². The summed E-state index contributed by atoms with van der Waals surface area (Å²) in [6.07, 6.45) is 0. The number of methoxy groups -OCH3 is 1. The second-order valence-corrected chi connectivity index (χ2v) is 11.5. The Hall–Kier alpha value is -3.38. The minimum atomic E-state index is -4.16. The maximum atomic E-state index is 13.0. The van der Waals surface area contributed by atoms with E-state index in [1.54, 1.807) is 48.5 Å². The van der Waals surface area contributed by atoms with E-state index in [9.17, 15) is 26.4 Å². The molecule has 0 unspecified atom stereocenters. The highest BCUT2D eigenvalue weighted by molar-refractivity contribution is 7.90. The van der Waals surface area contributed by atoms with Crippen LogP contribution in [0.15, 0.2) is 76.5 Å². The molecule has 0 saturated carbocycles. The standard InChI is InChI=1S/C25H26N2O7S2/c1-17(28)21-8-4-19(5-9-21)15-26-35(30,31)23-12-13-24(34-3)25(14-23)36(32,33)27-16-20-6-10-22(11-7-20)18(2)29/h4-14,26-27H,15-16H2,1-3H3. The zero-order valence-corrected chi connectivity index (χ0v) is 21.6. The summed E-state index contributed by atoms with van der Waals surface area (Å²) in [5.41, 5.74) is 2.25. The first-order chi connectivity index (χ1) is 16.9. The topological polar surface area (TPSA) is 136 Å². The number of carbonyl (C=O) groups is 2. The van der Waals surface area contributed by atoms with Crippen LogP contribution in [0.25, 0.3) is 0 Å². The smallest absolute Gasteiger partial charge is 0.244 e. The SMILES string of the molecule is COc1ccc(S(=O)(=O)NCc2ccc(C(C)=O)cc2)cc1S(=O)(=O)NCc1ccc(C(C)=O)cc1. The summed E-state index contributed by atoms with van der Waals surface area (Å²) in [7, 11) is -6.94. The summed E-state index contributed by atoms with van der Waals surface area (Å²) >= 11 is 0. The van der Waals surface area contributed by atoms with Crippen LogP contribution in [-0.2, 0) is 33.1 Å². The summed E-state index contributed by atoms with van der Waals surface area (Å²) in [5.74, 6) is -0.226. The molecule has 11 heteroatoms.